The van der Waals surface area contributed by atoms with Crippen molar-refractivity contribution in [3.63, 3.8) is 0 Å². The average Bonchev–Trinajstić information content (AvgIpc) is 2.91. The Labute approximate surface area is 112 Å². The van der Waals surface area contributed by atoms with E-state index in [-0.39, 0.29) is 5.95 Å². The van der Waals surface area contributed by atoms with Gasteiger partial charge in [0, 0.05) is 25.5 Å². The van der Waals surface area contributed by atoms with E-state index >= 15 is 0 Å². The van der Waals surface area contributed by atoms with Gasteiger partial charge in [-0.05, 0) is 12.8 Å². The van der Waals surface area contributed by atoms with Crippen LogP contribution in [0.25, 0.3) is 5.95 Å². The number of rotatable bonds is 6. The summed E-state index contributed by atoms with van der Waals surface area (Å²) in [5.41, 5.74) is 5.77. The monoisotopic (exact) mass is 261 g/mol. The first-order valence-electron chi connectivity index (χ1n) is 6.49. The van der Waals surface area contributed by atoms with Crippen molar-refractivity contribution in [2.75, 3.05) is 23.7 Å². The molecule has 0 aliphatic heterocycles. The molecule has 2 aromatic rings. The van der Waals surface area contributed by atoms with Crippen LogP contribution in [0.3, 0.4) is 0 Å². The summed E-state index contributed by atoms with van der Waals surface area (Å²) in [6.07, 6.45) is 7.17. The number of imidazole rings is 1. The predicted octanol–water partition coefficient (Wildman–Crippen LogP) is 1.27. The van der Waals surface area contributed by atoms with Crippen LogP contribution >= 0.6 is 0 Å². The first-order chi connectivity index (χ1) is 9.24. The van der Waals surface area contributed by atoms with E-state index in [2.05, 4.69) is 38.7 Å². The SMILES string of the molecule is CCCN(CCC)c1nc(N)nc(-n2ccnc2)n1. The van der Waals surface area contributed by atoms with Crippen molar-refractivity contribution < 1.29 is 0 Å². The van der Waals surface area contributed by atoms with Crippen LogP contribution in [0.4, 0.5) is 11.9 Å². The smallest absolute Gasteiger partial charge is 0.241 e. The second-order valence-corrected chi connectivity index (χ2v) is 4.25. The van der Waals surface area contributed by atoms with Crippen molar-refractivity contribution in [1.29, 1.82) is 0 Å². The van der Waals surface area contributed by atoms with E-state index in [1.165, 1.54) is 0 Å². The Morgan fingerprint density at radius 3 is 2.47 bits per heavy atom. The Bertz CT molecular complexity index is 503. The summed E-state index contributed by atoms with van der Waals surface area (Å²) >= 11 is 0. The predicted molar refractivity (Wildman–Crippen MR) is 74.2 cm³/mol. The molecular weight excluding hydrogens is 242 g/mol. The summed E-state index contributed by atoms with van der Waals surface area (Å²) in [7, 11) is 0. The molecule has 19 heavy (non-hydrogen) atoms. The van der Waals surface area contributed by atoms with Crippen molar-refractivity contribution in [1.82, 2.24) is 24.5 Å². The second kappa shape index (κ2) is 6.12. The molecule has 0 unspecified atom stereocenters. The molecule has 0 radical (unpaired) electrons. The van der Waals surface area contributed by atoms with Crippen molar-refractivity contribution in [3.05, 3.63) is 18.7 Å². The van der Waals surface area contributed by atoms with E-state index in [9.17, 15) is 0 Å². The third-order valence-corrected chi connectivity index (χ3v) is 2.63. The summed E-state index contributed by atoms with van der Waals surface area (Å²) in [5.74, 6) is 1.35. The highest BCUT2D eigenvalue weighted by molar-refractivity contribution is 5.37. The van der Waals surface area contributed by atoms with E-state index in [1.807, 2.05) is 0 Å². The third kappa shape index (κ3) is 3.18. The molecule has 0 fully saturated rings. The largest absolute Gasteiger partial charge is 0.368 e. The highest BCUT2D eigenvalue weighted by Crippen LogP contribution is 2.12. The summed E-state index contributed by atoms with van der Waals surface area (Å²) in [4.78, 5) is 18.9. The summed E-state index contributed by atoms with van der Waals surface area (Å²) < 4.78 is 1.72. The zero-order chi connectivity index (χ0) is 13.7. The number of anilines is 2. The summed E-state index contributed by atoms with van der Waals surface area (Å²) in [6.45, 7) is 6.06. The molecule has 0 aliphatic rings. The van der Waals surface area contributed by atoms with E-state index in [0.29, 0.717) is 11.9 Å². The number of hydrogen-bond donors (Lipinski definition) is 1. The lowest BCUT2D eigenvalue weighted by atomic mass is 10.4. The Hall–Kier alpha value is -2.18. The fraction of sp³-hybridized carbons (Fsp3) is 0.500. The van der Waals surface area contributed by atoms with Crippen LogP contribution in [0.5, 0.6) is 0 Å². The molecule has 0 saturated carbocycles. The number of nitrogens with zero attached hydrogens (tertiary/aromatic N) is 6. The van der Waals surface area contributed by atoms with Crippen LogP contribution in [0.15, 0.2) is 18.7 Å². The van der Waals surface area contributed by atoms with Gasteiger partial charge >= 0.3 is 0 Å². The molecule has 2 N–H and O–H groups in total. The van der Waals surface area contributed by atoms with Gasteiger partial charge in [-0.15, -0.1) is 0 Å². The van der Waals surface area contributed by atoms with E-state index in [1.54, 1.807) is 23.3 Å². The van der Waals surface area contributed by atoms with Crippen molar-refractivity contribution >= 4 is 11.9 Å². The standard InChI is InChI=1S/C12H19N7/c1-3-6-18(7-4-2)11-15-10(13)16-12(17-11)19-8-5-14-9-19/h5,8-9H,3-4,6-7H2,1-2H3,(H2,13,15,16,17). The lowest BCUT2D eigenvalue weighted by Crippen LogP contribution is -2.28. The number of hydrogen-bond acceptors (Lipinski definition) is 6. The van der Waals surface area contributed by atoms with E-state index in [4.69, 9.17) is 5.73 Å². The average molecular weight is 261 g/mol. The molecule has 0 spiro atoms. The van der Waals surface area contributed by atoms with E-state index < -0.39 is 0 Å². The van der Waals surface area contributed by atoms with Gasteiger partial charge in [-0.25, -0.2) is 4.98 Å². The maximum atomic E-state index is 5.77. The molecule has 2 rings (SSSR count). The van der Waals surface area contributed by atoms with Gasteiger partial charge in [0.1, 0.15) is 6.33 Å². The van der Waals surface area contributed by atoms with Gasteiger partial charge in [-0.3, -0.25) is 4.57 Å². The number of aromatic nitrogens is 5. The Morgan fingerprint density at radius 2 is 1.89 bits per heavy atom. The fourth-order valence-electron chi connectivity index (χ4n) is 1.86. The summed E-state index contributed by atoms with van der Waals surface area (Å²) in [6, 6.07) is 0. The maximum Gasteiger partial charge on any atom is 0.241 e. The maximum absolute atomic E-state index is 5.77. The van der Waals surface area contributed by atoms with Gasteiger partial charge in [0.15, 0.2) is 0 Å². The van der Waals surface area contributed by atoms with Crippen LogP contribution in [-0.4, -0.2) is 37.6 Å². The van der Waals surface area contributed by atoms with Gasteiger partial charge in [-0.1, -0.05) is 13.8 Å². The topological polar surface area (TPSA) is 85.8 Å². The van der Waals surface area contributed by atoms with Gasteiger partial charge < -0.3 is 10.6 Å². The molecule has 0 amide bonds. The highest BCUT2D eigenvalue weighted by Gasteiger charge is 2.12. The molecule has 0 bridgehead atoms. The summed E-state index contributed by atoms with van der Waals surface area (Å²) in [5, 5.41) is 0. The third-order valence-electron chi connectivity index (χ3n) is 2.63. The van der Waals surface area contributed by atoms with Gasteiger partial charge in [0.2, 0.25) is 17.8 Å². The van der Waals surface area contributed by atoms with Gasteiger partial charge in [0.25, 0.3) is 0 Å². The van der Waals surface area contributed by atoms with Crippen molar-refractivity contribution in [2.24, 2.45) is 0 Å². The van der Waals surface area contributed by atoms with E-state index in [0.717, 1.165) is 25.9 Å². The normalized spacial score (nSPS) is 10.6. The quantitative estimate of drug-likeness (QED) is 0.842. The van der Waals surface area contributed by atoms with Crippen molar-refractivity contribution in [2.45, 2.75) is 26.7 Å². The second-order valence-electron chi connectivity index (χ2n) is 4.25. The Balaban J connectivity index is 2.34. The lowest BCUT2D eigenvalue weighted by Gasteiger charge is -2.21. The zero-order valence-electron chi connectivity index (χ0n) is 11.3. The van der Waals surface area contributed by atoms with Crippen LogP contribution in [0.2, 0.25) is 0 Å². The first-order valence-corrected chi connectivity index (χ1v) is 6.49. The van der Waals surface area contributed by atoms with Crippen LogP contribution in [-0.2, 0) is 0 Å². The van der Waals surface area contributed by atoms with Crippen LogP contribution in [0.1, 0.15) is 26.7 Å². The Morgan fingerprint density at radius 1 is 1.16 bits per heavy atom. The molecule has 0 saturated heterocycles. The molecule has 0 aliphatic carbocycles. The Kier molecular flexibility index (Phi) is 4.27. The van der Waals surface area contributed by atoms with Crippen molar-refractivity contribution in [3.8, 4) is 5.95 Å². The molecule has 2 aromatic heterocycles. The molecule has 0 atom stereocenters. The lowest BCUT2D eigenvalue weighted by molar-refractivity contribution is 0.714. The molecular formula is C12H19N7. The minimum atomic E-state index is 0.228. The molecule has 102 valence electrons. The molecule has 0 aromatic carbocycles. The van der Waals surface area contributed by atoms with Gasteiger partial charge in [0.05, 0.1) is 0 Å². The van der Waals surface area contributed by atoms with Crippen LogP contribution < -0.4 is 10.6 Å². The van der Waals surface area contributed by atoms with Gasteiger partial charge in [-0.2, -0.15) is 15.0 Å². The molecule has 7 heteroatoms. The zero-order valence-corrected chi connectivity index (χ0v) is 11.3. The minimum Gasteiger partial charge on any atom is -0.368 e. The molecule has 7 nitrogen and oxygen atoms in total. The fourth-order valence-corrected chi connectivity index (χ4v) is 1.86. The number of nitrogens with two attached hydrogens (primary N) is 1. The first kappa shape index (κ1) is 13.3. The number of nitrogen functional groups attached to an aromatic ring is 1. The minimum absolute atomic E-state index is 0.228. The highest BCUT2D eigenvalue weighted by atomic mass is 15.3. The van der Waals surface area contributed by atoms with Crippen LogP contribution in [0, 0.1) is 0 Å². The molecule has 2 heterocycles.